The van der Waals surface area contributed by atoms with E-state index in [1.54, 1.807) is 4.90 Å². The van der Waals surface area contributed by atoms with Gasteiger partial charge >= 0.3 is 0 Å². The third-order valence-electron chi connectivity index (χ3n) is 3.37. The fourth-order valence-corrected chi connectivity index (χ4v) is 2.37. The van der Waals surface area contributed by atoms with Crippen LogP contribution in [-0.4, -0.2) is 44.9 Å². The number of hydrogen-bond donors (Lipinski definition) is 1. The Balaban J connectivity index is 2.24. The third-order valence-corrected chi connectivity index (χ3v) is 3.37. The van der Waals surface area contributed by atoms with Gasteiger partial charge in [-0.15, -0.1) is 0 Å². The summed E-state index contributed by atoms with van der Waals surface area (Å²) >= 11 is 0. The van der Waals surface area contributed by atoms with Crippen LogP contribution >= 0.6 is 0 Å². The van der Waals surface area contributed by atoms with E-state index in [0.717, 1.165) is 19.3 Å². The molecule has 1 atom stereocenters. The van der Waals surface area contributed by atoms with Gasteiger partial charge in [0.1, 0.15) is 5.69 Å². The van der Waals surface area contributed by atoms with Crippen molar-refractivity contribution in [2.75, 3.05) is 13.2 Å². The first-order valence-corrected chi connectivity index (χ1v) is 6.67. The van der Waals surface area contributed by atoms with E-state index in [2.05, 4.69) is 5.10 Å². The topological polar surface area (TPSA) is 75.4 Å². The first-order chi connectivity index (χ1) is 9.17. The SMILES string of the molecule is CCCn1nc(C(=O)N2CCCC2CO)ccc1=O. The van der Waals surface area contributed by atoms with Gasteiger partial charge in [-0.2, -0.15) is 5.10 Å². The van der Waals surface area contributed by atoms with Crippen molar-refractivity contribution >= 4 is 5.91 Å². The number of nitrogens with zero attached hydrogens (tertiary/aromatic N) is 3. The van der Waals surface area contributed by atoms with E-state index in [0.29, 0.717) is 13.1 Å². The Hall–Kier alpha value is -1.69. The van der Waals surface area contributed by atoms with Crippen molar-refractivity contribution in [3.63, 3.8) is 0 Å². The quantitative estimate of drug-likeness (QED) is 0.846. The average Bonchev–Trinajstić information content (AvgIpc) is 2.89. The summed E-state index contributed by atoms with van der Waals surface area (Å²) in [5.41, 5.74) is 0.0759. The van der Waals surface area contributed by atoms with Crippen LogP contribution in [0.5, 0.6) is 0 Å². The minimum atomic E-state index is -0.207. The van der Waals surface area contributed by atoms with Crippen LogP contribution in [0.1, 0.15) is 36.7 Å². The highest BCUT2D eigenvalue weighted by molar-refractivity contribution is 5.92. The van der Waals surface area contributed by atoms with E-state index in [1.807, 2.05) is 6.92 Å². The van der Waals surface area contributed by atoms with E-state index < -0.39 is 0 Å². The standard InChI is InChI=1S/C13H19N3O3/c1-2-7-16-12(18)6-5-11(14-16)13(19)15-8-3-4-10(15)9-17/h5-6,10,17H,2-4,7-9H2,1H3. The summed E-state index contributed by atoms with van der Waals surface area (Å²) in [4.78, 5) is 25.5. The summed E-state index contributed by atoms with van der Waals surface area (Å²) in [6.07, 6.45) is 2.50. The number of aromatic nitrogens is 2. The maximum Gasteiger partial charge on any atom is 0.274 e. The molecule has 1 aromatic heterocycles. The number of amides is 1. The highest BCUT2D eigenvalue weighted by atomic mass is 16.3. The molecule has 0 bridgehead atoms. The molecule has 1 saturated heterocycles. The van der Waals surface area contributed by atoms with Crippen LogP contribution in [0.15, 0.2) is 16.9 Å². The van der Waals surface area contributed by atoms with Gasteiger partial charge in [0, 0.05) is 19.2 Å². The zero-order chi connectivity index (χ0) is 13.8. The highest BCUT2D eigenvalue weighted by Gasteiger charge is 2.29. The van der Waals surface area contributed by atoms with Crippen LogP contribution in [-0.2, 0) is 6.54 Å². The maximum atomic E-state index is 12.3. The Labute approximate surface area is 111 Å². The Morgan fingerprint density at radius 2 is 2.32 bits per heavy atom. The molecule has 1 amide bonds. The molecule has 0 spiro atoms. The predicted molar refractivity (Wildman–Crippen MR) is 69.9 cm³/mol. The van der Waals surface area contributed by atoms with Crippen LogP contribution in [0.2, 0.25) is 0 Å². The molecule has 0 aromatic carbocycles. The van der Waals surface area contributed by atoms with Gasteiger partial charge in [0.25, 0.3) is 11.5 Å². The molecule has 104 valence electrons. The second kappa shape index (κ2) is 5.97. The monoisotopic (exact) mass is 265 g/mol. The van der Waals surface area contributed by atoms with Gasteiger partial charge in [-0.05, 0) is 25.3 Å². The molecule has 19 heavy (non-hydrogen) atoms. The molecule has 6 heteroatoms. The largest absolute Gasteiger partial charge is 0.394 e. The van der Waals surface area contributed by atoms with E-state index in [-0.39, 0.29) is 29.8 Å². The van der Waals surface area contributed by atoms with Crippen molar-refractivity contribution in [3.05, 3.63) is 28.2 Å². The smallest absolute Gasteiger partial charge is 0.274 e. The van der Waals surface area contributed by atoms with Crippen molar-refractivity contribution in [1.82, 2.24) is 14.7 Å². The molecule has 0 radical (unpaired) electrons. The molecule has 2 heterocycles. The van der Waals surface area contributed by atoms with Gasteiger partial charge in [0.15, 0.2) is 0 Å². The van der Waals surface area contributed by atoms with Crippen molar-refractivity contribution in [3.8, 4) is 0 Å². The number of likely N-dealkylation sites (tertiary alicyclic amines) is 1. The first kappa shape index (κ1) is 13.7. The third kappa shape index (κ3) is 2.84. The summed E-state index contributed by atoms with van der Waals surface area (Å²) in [6.45, 7) is 3.06. The Morgan fingerprint density at radius 1 is 1.53 bits per heavy atom. The summed E-state index contributed by atoms with van der Waals surface area (Å²) in [5.74, 6) is -0.207. The minimum absolute atomic E-state index is 0.0274. The lowest BCUT2D eigenvalue weighted by Crippen LogP contribution is -2.39. The highest BCUT2D eigenvalue weighted by Crippen LogP contribution is 2.18. The second-order valence-electron chi connectivity index (χ2n) is 4.76. The zero-order valence-electron chi connectivity index (χ0n) is 11.1. The number of aryl methyl sites for hydroxylation is 1. The van der Waals surface area contributed by atoms with Gasteiger partial charge in [-0.25, -0.2) is 4.68 Å². The van der Waals surface area contributed by atoms with Crippen LogP contribution in [0.4, 0.5) is 0 Å². The molecule has 0 saturated carbocycles. The lowest BCUT2D eigenvalue weighted by atomic mass is 10.2. The number of aliphatic hydroxyl groups excluding tert-OH is 1. The molecule has 1 aliphatic rings. The fraction of sp³-hybridized carbons (Fsp3) is 0.615. The Morgan fingerprint density at radius 3 is 3.00 bits per heavy atom. The zero-order valence-corrected chi connectivity index (χ0v) is 11.1. The molecule has 1 unspecified atom stereocenters. The van der Waals surface area contributed by atoms with E-state index in [9.17, 15) is 14.7 Å². The second-order valence-corrected chi connectivity index (χ2v) is 4.76. The van der Waals surface area contributed by atoms with E-state index >= 15 is 0 Å². The molecule has 0 aliphatic carbocycles. The van der Waals surface area contributed by atoms with Gasteiger partial charge in [0.2, 0.25) is 0 Å². The summed E-state index contributed by atoms with van der Waals surface area (Å²) in [6, 6.07) is 2.71. The number of carbonyl (C=O) groups is 1. The minimum Gasteiger partial charge on any atom is -0.394 e. The Kier molecular flexibility index (Phi) is 4.31. The van der Waals surface area contributed by atoms with Crippen molar-refractivity contribution in [1.29, 1.82) is 0 Å². The van der Waals surface area contributed by atoms with Gasteiger partial charge in [-0.1, -0.05) is 6.92 Å². The van der Waals surface area contributed by atoms with E-state index in [4.69, 9.17) is 0 Å². The van der Waals surface area contributed by atoms with E-state index in [1.165, 1.54) is 16.8 Å². The van der Waals surface area contributed by atoms with Crippen LogP contribution in [0.3, 0.4) is 0 Å². The summed E-state index contributed by atoms with van der Waals surface area (Å²) in [7, 11) is 0. The molecule has 1 N–H and O–H groups in total. The molecule has 1 aliphatic heterocycles. The van der Waals surface area contributed by atoms with Crippen molar-refractivity contribution in [2.45, 2.75) is 38.8 Å². The van der Waals surface area contributed by atoms with Crippen LogP contribution < -0.4 is 5.56 Å². The predicted octanol–water partition coefficient (Wildman–Crippen LogP) is 0.250. The lowest BCUT2D eigenvalue weighted by Gasteiger charge is -2.22. The molecule has 1 aromatic rings. The number of hydrogen-bond acceptors (Lipinski definition) is 4. The van der Waals surface area contributed by atoms with Gasteiger partial charge in [-0.3, -0.25) is 9.59 Å². The normalized spacial score (nSPS) is 18.8. The van der Waals surface area contributed by atoms with Crippen molar-refractivity contribution < 1.29 is 9.90 Å². The van der Waals surface area contributed by atoms with Crippen LogP contribution in [0, 0.1) is 0 Å². The Bertz CT molecular complexity index is 512. The first-order valence-electron chi connectivity index (χ1n) is 6.67. The van der Waals surface area contributed by atoms with Gasteiger partial charge < -0.3 is 10.0 Å². The maximum absolute atomic E-state index is 12.3. The summed E-state index contributed by atoms with van der Waals surface area (Å²) in [5, 5.41) is 13.4. The lowest BCUT2D eigenvalue weighted by molar-refractivity contribution is 0.0669. The van der Waals surface area contributed by atoms with Crippen molar-refractivity contribution in [2.24, 2.45) is 0 Å². The average molecular weight is 265 g/mol. The summed E-state index contributed by atoms with van der Waals surface area (Å²) < 4.78 is 1.32. The molecule has 1 fully saturated rings. The molecule has 6 nitrogen and oxygen atoms in total. The number of carbonyl (C=O) groups excluding carboxylic acids is 1. The fourth-order valence-electron chi connectivity index (χ4n) is 2.37. The molecular formula is C13H19N3O3. The number of aliphatic hydroxyl groups is 1. The number of rotatable bonds is 4. The molecular weight excluding hydrogens is 246 g/mol. The van der Waals surface area contributed by atoms with Gasteiger partial charge in [0.05, 0.1) is 12.6 Å². The van der Waals surface area contributed by atoms with Crippen LogP contribution in [0.25, 0.3) is 0 Å². The molecule has 2 rings (SSSR count).